The number of fused-ring (bicyclic) bond motifs is 3. The molecule has 96 valence electrons. The van der Waals surface area contributed by atoms with Crippen LogP contribution in [0.2, 0.25) is 0 Å². The van der Waals surface area contributed by atoms with E-state index in [1.807, 2.05) is 0 Å². The molecule has 0 radical (unpaired) electrons. The molecule has 0 aliphatic carbocycles. The van der Waals surface area contributed by atoms with Gasteiger partial charge in [-0.1, -0.05) is 30.4 Å². The van der Waals surface area contributed by atoms with Gasteiger partial charge in [0.1, 0.15) is 5.82 Å². The van der Waals surface area contributed by atoms with Crippen LogP contribution in [0.3, 0.4) is 0 Å². The molecule has 0 amide bonds. The van der Waals surface area contributed by atoms with E-state index in [2.05, 4.69) is 47.9 Å². The second kappa shape index (κ2) is 4.09. The maximum Gasteiger partial charge on any atom is 0.129 e. The zero-order valence-corrected chi connectivity index (χ0v) is 11.0. The molecule has 0 N–H and O–H groups in total. The Morgan fingerprint density at radius 2 is 1.74 bits per heavy atom. The van der Waals surface area contributed by atoms with E-state index >= 15 is 0 Å². The Labute approximate surface area is 113 Å². The van der Waals surface area contributed by atoms with Crippen molar-refractivity contribution in [3.05, 3.63) is 48.6 Å². The van der Waals surface area contributed by atoms with Crippen molar-refractivity contribution in [1.29, 1.82) is 0 Å². The van der Waals surface area contributed by atoms with E-state index in [1.165, 1.54) is 23.8 Å². The first kappa shape index (κ1) is 11.0. The number of rotatable bonds is 1. The van der Waals surface area contributed by atoms with Crippen LogP contribution in [0.4, 0.5) is 5.82 Å². The minimum absolute atomic E-state index is 0.625. The summed E-state index contributed by atoms with van der Waals surface area (Å²) in [6.07, 6.45) is 4.87. The summed E-state index contributed by atoms with van der Waals surface area (Å²) in [5, 5.41) is 1.22. The SMILES string of the molecule is C=C1CC2CCC(C1)N2c1ccc2ccccc2n1. The molecule has 2 heteroatoms. The molecule has 2 saturated heterocycles. The van der Waals surface area contributed by atoms with Gasteiger partial charge < -0.3 is 4.90 Å². The van der Waals surface area contributed by atoms with Gasteiger partial charge in [0.25, 0.3) is 0 Å². The summed E-state index contributed by atoms with van der Waals surface area (Å²) in [6.45, 7) is 4.19. The third-order valence-electron chi connectivity index (χ3n) is 4.52. The van der Waals surface area contributed by atoms with Crippen LogP contribution in [-0.4, -0.2) is 17.1 Å². The van der Waals surface area contributed by atoms with Crippen molar-refractivity contribution < 1.29 is 0 Å². The number of hydrogen-bond donors (Lipinski definition) is 0. The Morgan fingerprint density at radius 1 is 1.00 bits per heavy atom. The zero-order valence-electron chi connectivity index (χ0n) is 11.0. The van der Waals surface area contributed by atoms with Gasteiger partial charge in [-0.15, -0.1) is 0 Å². The first-order valence-corrected chi connectivity index (χ1v) is 7.12. The maximum atomic E-state index is 4.86. The highest BCUT2D eigenvalue weighted by Crippen LogP contribution is 2.40. The molecule has 0 spiro atoms. The van der Waals surface area contributed by atoms with Crippen LogP contribution >= 0.6 is 0 Å². The van der Waals surface area contributed by atoms with Crippen molar-refractivity contribution in [2.75, 3.05) is 4.90 Å². The third kappa shape index (κ3) is 1.74. The summed E-state index contributed by atoms with van der Waals surface area (Å²) < 4.78 is 0. The van der Waals surface area contributed by atoms with Crippen LogP contribution in [0.5, 0.6) is 0 Å². The zero-order chi connectivity index (χ0) is 12.8. The van der Waals surface area contributed by atoms with Gasteiger partial charge in [0, 0.05) is 17.5 Å². The highest BCUT2D eigenvalue weighted by atomic mass is 15.3. The fourth-order valence-corrected chi connectivity index (χ4v) is 3.68. The number of hydrogen-bond acceptors (Lipinski definition) is 2. The number of pyridine rings is 1. The summed E-state index contributed by atoms with van der Waals surface area (Å²) in [7, 11) is 0. The Bertz CT molecular complexity index is 631. The molecule has 3 heterocycles. The molecule has 2 aliphatic rings. The van der Waals surface area contributed by atoms with Crippen LogP contribution < -0.4 is 4.90 Å². The van der Waals surface area contributed by atoms with Gasteiger partial charge in [-0.05, 0) is 43.9 Å². The number of aromatic nitrogens is 1. The van der Waals surface area contributed by atoms with Crippen LogP contribution in [0.25, 0.3) is 10.9 Å². The molecule has 19 heavy (non-hydrogen) atoms. The summed E-state index contributed by atoms with van der Waals surface area (Å²) >= 11 is 0. The highest BCUT2D eigenvalue weighted by molar-refractivity contribution is 5.80. The molecule has 2 fully saturated rings. The van der Waals surface area contributed by atoms with Crippen molar-refractivity contribution in [2.45, 2.75) is 37.8 Å². The molecule has 2 bridgehead atoms. The van der Waals surface area contributed by atoms with Crippen LogP contribution in [0, 0.1) is 0 Å². The van der Waals surface area contributed by atoms with Crippen LogP contribution in [0.1, 0.15) is 25.7 Å². The predicted molar refractivity (Wildman–Crippen MR) is 79.4 cm³/mol. The number of anilines is 1. The molecule has 0 saturated carbocycles. The molecule has 1 aromatic heterocycles. The Balaban J connectivity index is 1.76. The minimum atomic E-state index is 0.625. The Hall–Kier alpha value is -1.83. The first-order valence-electron chi connectivity index (χ1n) is 7.12. The van der Waals surface area contributed by atoms with E-state index in [1.54, 1.807) is 0 Å². The molecular formula is C17H18N2. The largest absolute Gasteiger partial charge is 0.350 e. The lowest BCUT2D eigenvalue weighted by Crippen LogP contribution is -2.40. The fraction of sp³-hybridized carbons (Fsp3) is 0.353. The quantitative estimate of drug-likeness (QED) is 0.713. The first-order chi connectivity index (χ1) is 9.31. The van der Waals surface area contributed by atoms with E-state index in [-0.39, 0.29) is 0 Å². The van der Waals surface area contributed by atoms with Crippen molar-refractivity contribution in [1.82, 2.24) is 4.98 Å². The van der Waals surface area contributed by atoms with Gasteiger partial charge in [0.05, 0.1) is 5.52 Å². The fourth-order valence-electron chi connectivity index (χ4n) is 3.68. The summed E-state index contributed by atoms with van der Waals surface area (Å²) in [6, 6.07) is 14.0. The lowest BCUT2D eigenvalue weighted by atomic mass is 9.98. The van der Waals surface area contributed by atoms with Gasteiger partial charge in [0.2, 0.25) is 0 Å². The Morgan fingerprint density at radius 3 is 2.53 bits per heavy atom. The van der Waals surface area contributed by atoms with Gasteiger partial charge in [-0.2, -0.15) is 0 Å². The van der Waals surface area contributed by atoms with Crippen molar-refractivity contribution in [3.63, 3.8) is 0 Å². The molecule has 2 atom stereocenters. The topological polar surface area (TPSA) is 16.1 Å². The Kier molecular flexibility index (Phi) is 2.37. The number of piperidine rings is 1. The van der Waals surface area contributed by atoms with Gasteiger partial charge in [-0.25, -0.2) is 4.98 Å². The van der Waals surface area contributed by atoms with E-state index in [0.29, 0.717) is 12.1 Å². The number of para-hydroxylation sites is 1. The average Bonchev–Trinajstić information content (AvgIpc) is 2.70. The van der Waals surface area contributed by atoms with Crippen LogP contribution in [0.15, 0.2) is 48.6 Å². The van der Waals surface area contributed by atoms with Gasteiger partial charge in [0.15, 0.2) is 0 Å². The van der Waals surface area contributed by atoms with Crippen molar-refractivity contribution >= 4 is 16.7 Å². The molecule has 1 aromatic carbocycles. The molecule has 2 nitrogen and oxygen atoms in total. The molecular weight excluding hydrogens is 232 g/mol. The summed E-state index contributed by atoms with van der Waals surface area (Å²) in [5.74, 6) is 1.15. The lowest BCUT2D eigenvalue weighted by molar-refractivity contribution is 0.546. The third-order valence-corrected chi connectivity index (χ3v) is 4.52. The summed E-state index contributed by atoms with van der Waals surface area (Å²) in [4.78, 5) is 7.40. The standard InChI is InChI=1S/C17H18N2/c1-12-10-14-7-8-15(11-12)19(14)17-9-6-13-4-2-3-5-16(13)18-17/h2-6,9,14-15H,1,7-8,10-11H2. The molecule has 4 rings (SSSR count). The van der Waals surface area contributed by atoms with Crippen molar-refractivity contribution in [2.24, 2.45) is 0 Å². The predicted octanol–water partition coefficient (Wildman–Crippen LogP) is 3.92. The van der Waals surface area contributed by atoms with E-state index < -0.39 is 0 Å². The molecule has 2 aromatic rings. The summed E-state index contributed by atoms with van der Waals surface area (Å²) in [5.41, 5.74) is 2.52. The smallest absolute Gasteiger partial charge is 0.129 e. The van der Waals surface area contributed by atoms with Gasteiger partial charge >= 0.3 is 0 Å². The highest BCUT2D eigenvalue weighted by Gasteiger charge is 2.38. The van der Waals surface area contributed by atoms with E-state index in [0.717, 1.165) is 24.2 Å². The normalized spacial score (nSPS) is 26.1. The van der Waals surface area contributed by atoms with E-state index in [4.69, 9.17) is 4.98 Å². The monoisotopic (exact) mass is 250 g/mol. The average molecular weight is 250 g/mol. The van der Waals surface area contributed by atoms with E-state index in [9.17, 15) is 0 Å². The number of nitrogens with zero attached hydrogens (tertiary/aromatic N) is 2. The second-order valence-corrected chi connectivity index (χ2v) is 5.81. The molecule has 2 aliphatic heterocycles. The van der Waals surface area contributed by atoms with Crippen molar-refractivity contribution in [3.8, 4) is 0 Å². The second-order valence-electron chi connectivity index (χ2n) is 5.81. The lowest BCUT2D eigenvalue weighted by Gasteiger charge is -2.37. The minimum Gasteiger partial charge on any atom is -0.350 e. The number of benzene rings is 1. The molecule has 2 unspecified atom stereocenters. The maximum absolute atomic E-state index is 4.86. The van der Waals surface area contributed by atoms with Crippen LogP contribution in [-0.2, 0) is 0 Å². The van der Waals surface area contributed by atoms with Gasteiger partial charge in [-0.3, -0.25) is 0 Å².